The third-order valence-corrected chi connectivity index (χ3v) is 3.50. The summed E-state index contributed by atoms with van der Waals surface area (Å²) in [4.78, 5) is 11.7. The van der Waals surface area contributed by atoms with E-state index in [0.717, 1.165) is 6.42 Å². The Labute approximate surface area is 141 Å². The number of aryl methyl sites for hydroxylation is 1. The summed E-state index contributed by atoms with van der Waals surface area (Å²) in [5, 5.41) is 6.29. The van der Waals surface area contributed by atoms with Gasteiger partial charge in [-0.25, -0.2) is 4.79 Å². The summed E-state index contributed by atoms with van der Waals surface area (Å²) in [5.74, 6) is 0. The maximum absolute atomic E-state index is 11.7. The summed E-state index contributed by atoms with van der Waals surface area (Å²) in [7, 11) is 0. The summed E-state index contributed by atoms with van der Waals surface area (Å²) >= 11 is 0. The zero-order valence-electron chi connectivity index (χ0n) is 15.4. The lowest BCUT2D eigenvalue weighted by Crippen LogP contribution is -2.41. The van der Waals surface area contributed by atoms with Crippen LogP contribution in [0, 0.1) is 0 Å². The van der Waals surface area contributed by atoms with Crippen LogP contribution >= 0.6 is 0 Å². The summed E-state index contributed by atoms with van der Waals surface area (Å²) in [6, 6.07) is 9.14. The minimum absolute atomic E-state index is 0.160. The molecule has 4 nitrogen and oxygen atoms in total. The number of hydrogen-bond acceptors (Lipinski definition) is 3. The van der Waals surface area contributed by atoms with Crippen molar-refractivity contribution in [2.75, 3.05) is 6.54 Å². The fraction of sp³-hybridized carbons (Fsp3) is 0.632. The summed E-state index contributed by atoms with van der Waals surface area (Å²) in [5.41, 5.74) is 2.17. The molecule has 0 aliphatic carbocycles. The van der Waals surface area contributed by atoms with E-state index in [-0.39, 0.29) is 18.2 Å². The van der Waals surface area contributed by atoms with Crippen molar-refractivity contribution in [3.05, 3.63) is 35.4 Å². The molecule has 0 heterocycles. The summed E-state index contributed by atoms with van der Waals surface area (Å²) in [6.07, 6.45) is 1.92. The molecule has 0 aromatic heterocycles. The van der Waals surface area contributed by atoms with Crippen LogP contribution < -0.4 is 10.6 Å². The van der Waals surface area contributed by atoms with Crippen molar-refractivity contribution >= 4 is 6.09 Å². The number of hydrogen-bond donors (Lipinski definition) is 2. The molecule has 0 bridgehead atoms. The normalized spacial score (nSPS) is 14.2. The molecule has 0 aliphatic rings. The molecular formula is C19H32N2O2. The fourth-order valence-electron chi connectivity index (χ4n) is 2.39. The molecule has 2 unspecified atom stereocenters. The van der Waals surface area contributed by atoms with Gasteiger partial charge in [-0.3, -0.25) is 0 Å². The molecular weight excluding hydrogens is 288 g/mol. The van der Waals surface area contributed by atoms with Crippen molar-refractivity contribution in [2.45, 2.75) is 72.1 Å². The van der Waals surface area contributed by atoms with Gasteiger partial charge < -0.3 is 15.4 Å². The monoisotopic (exact) mass is 320 g/mol. The van der Waals surface area contributed by atoms with E-state index in [9.17, 15) is 4.79 Å². The molecule has 1 amide bonds. The van der Waals surface area contributed by atoms with Gasteiger partial charge in [0.25, 0.3) is 0 Å². The lowest BCUT2D eigenvalue weighted by atomic mass is 10.0. The van der Waals surface area contributed by atoms with Crippen molar-refractivity contribution in [3.63, 3.8) is 0 Å². The van der Waals surface area contributed by atoms with Crippen LogP contribution in [-0.4, -0.2) is 24.3 Å². The topological polar surface area (TPSA) is 50.4 Å². The molecule has 0 saturated heterocycles. The van der Waals surface area contributed by atoms with Gasteiger partial charge in [0.05, 0.1) is 0 Å². The van der Waals surface area contributed by atoms with Gasteiger partial charge in [0.15, 0.2) is 0 Å². The highest BCUT2D eigenvalue weighted by Crippen LogP contribution is 2.15. The first-order valence-electron chi connectivity index (χ1n) is 8.53. The predicted octanol–water partition coefficient (Wildman–Crippen LogP) is 4.20. The lowest BCUT2D eigenvalue weighted by molar-refractivity contribution is 0.0522. The van der Waals surface area contributed by atoms with Gasteiger partial charge in [0, 0.05) is 18.6 Å². The highest BCUT2D eigenvalue weighted by molar-refractivity contribution is 5.67. The van der Waals surface area contributed by atoms with E-state index < -0.39 is 5.60 Å². The van der Waals surface area contributed by atoms with E-state index in [1.165, 1.54) is 17.5 Å². The maximum atomic E-state index is 11.7. The van der Waals surface area contributed by atoms with Gasteiger partial charge in [-0.2, -0.15) is 0 Å². The van der Waals surface area contributed by atoms with Crippen molar-refractivity contribution in [2.24, 2.45) is 0 Å². The van der Waals surface area contributed by atoms with E-state index in [4.69, 9.17) is 4.74 Å². The molecule has 4 heteroatoms. The molecule has 2 N–H and O–H groups in total. The predicted molar refractivity (Wildman–Crippen MR) is 95.7 cm³/mol. The third-order valence-electron chi connectivity index (χ3n) is 3.50. The molecule has 0 spiro atoms. The quantitative estimate of drug-likeness (QED) is 0.791. The Kier molecular flexibility index (Phi) is 7.56. The van der Waals surface area contributed by atoms with Crippen LogP contribution in [0.5, 0.6) is 0 Å². The highest BCUT2D eigenvalue weighted by atomic mass is 16.6. The SMILES string of the molecule is CCCc1ccc(C(C)NC(C)CNC(=O)OC(C)(C)C)cc1. The van der Waals surface area contributed by atoms with Crippen LogP contribution in [0.2, 0.25) is 0 Å². The molecule has 130 valence electrons. The Bertz CT molecular complexity index is 477. The van der Waals surface area contributed by atoms with Crippen LogP contribution in [0.1, 0.15) is 65.1 Å². The summed E-state index contributed by atoms with van der Waals surface area (Å²) in [6.45, 7) is 12.5. The maximum Gasteiger partial charge on any atom is 0.407 e. The molecule has 2 atom stereocenters. The standard InChI is InChI=1S/C19H32N2O2/c1-7-8-16-9-11-17(12-10-16)15(3)21-14(2)13-20-18(22)23-19(4,5)6/h9-12,14-15,21H,7-8,13H2,1-6H3,(H,20,22). The lowest BCUT2D eigenvalue weighted by Gasteiger charge is -2.23. The molecule has 0 fully saturated rings. The summed E-state index contributed by atoms with van der Waals surface area (Å²) < 4.78 is 5.24. The minimum atomic E-state index is -0.464. The number of carbonyl (C=O) groups is 1. The molecule has 0 saturated carbocycles. The van der Waals surface area contributed by atoms with E-state index >= 15 is 0 Å². The van der Waals surface area contributed by atoms with Gasteiger partial charge in [0.1, 0.15) is 5.60 Å². The van der Waals surface area contributed by atoms with E-state index in [1.54, 1.807) is 0 Å². The highest BCUT2D eigenvalue weighted by Gasteiger charge is 2.17. The second kappa shape index (κ2) is 8.92. The first kappa shape index (κ1) is 19.5. The first-order chi connectivity index (χ1) is 10.7. The third kappa shape index (κ3) is 8.03. The Balaban J connectivity index is 2.41. The van der Waals surface area contributed by atoms with Crippen LogP contribution in [0.4, 0.5) is 4.79 Å². The van der Waals surface area contributed by atoms with Gasteiger partial charge in [-0.05, 0) is 52.2 Å². The Morgan fingerprint density at radius 3 is 2.30 bits per heavy atom. The average molecular weight is 320 g/mol. The Hall–Kier alpha value is -1.55. The second-order valence-electron chi connectivity index (χ2n) is 7.16. The molecule has 1 aromatic carbocycles. The van der Waals surface area contributed by atoms with Crippen molar-refractivity contribution in [3.8, 4) is 0 Å². The molecule has 1 rings (SSSR count). The van der Waals surface area contributed by atoms with Crippen molar-refractivity contribution < 1.29 is 9.53 Å². The van der Waals surface area contributed by atoms with Gasteiger partial charge in [-0.1, -0.05) is 37.6 Å². The van der Waals surface area contributed by atoms with Crippen LogP contribution in [0.25, 0.3) is 0 Å². The van der Waals surface area contributed by atoms with Crippen LogP contribution in [0.3, 0.4) is 0 Å². The second-order valence-corrected chi connectivity index (χ2v) is 7.16. The van der Waals surface area contributed by atoms with Gasteiger partial charge in [0.2, 0.25) is 0 Å². The average Bonchev–Trinajstić information content (AvgIpc) is 2.44. The molecule has 23 heavy (non-hydrogen) atoms. The smallest absolute Gasteiger partial charge is 0.407 e. The van der Waals surface area contributed by atoms with Crippen LogP contribution in [-0.2, 0) is 11.2 Å². The number of carbonyl (C=O) groups excluding carboxylic acids is 1. The molecule has 0 radical (unpaired) electrons. The first-order valence-corrected chi connectivity index (χ1v) is 8.53. The Morgan fingerprint density at radius 1 is 1.17 bits per heavy atom. The zero-order valence-corrected chi connectivity index (χ0v) is 15.4. The Morgan fingerprint density at radius 2 is 1.78 bits per heavy atom. The van der Waals surface area contributed by atoms with E-state index in [2.05, 4.69) is 55.7 Å². The fourth-order valence-corrected chi connectivity index (χ4v) is 2.39. The number of rotatable bonds is 7. The van der Waals surface area contributed by atoms with Crippen LogP contribution in [0.15, 0.2) is 24.3 Å². The van der Waals surface area contributed by atoms with E-state index in [1.807, 2.05) is 20.8 Å². The van der Waals surface area contributed by atoms with Gasteiger partial charge >= 0.3 is 6.09 Å². The van der Waals surface area contributed by atoms with Crippen molar-refractivity contribution in [1.29, 1.82) is 0 Å². The number of ether oxygens (including phenoxy) is 1. The number of alkyl carbamates (subject to hydrolysis) is 1. The van der Waals surface area contributed by atoms with Crippen molar-refractivity contribution in [1.82, 2.24) is 10.6 Å². The number of benzene rings is 1. The van der Waals surface area contributed by atoms with E-state index in [0.29, 0.717) is 6.54 Å². The number of amides is 1. The van der Waals surface area contributed by atoms with Gasteiger partial charge in [-0.15, -0.1) is 0 Å². The zero-order chi connectivity index (χ0) is 17.5. The molecule has 0 aliphatic heterocycles. The molecule has 1 aromatic rings. The largest absolute Gasteiger partial charge is 0.444 e. The number of nitrogens with one attached hydrogen (secondary N) is 2. The minimum Gasteiger partial charge on any atom is -0.444 e.